The first-order valence-corrected chi connectivity index (χ1v) is 8.36. The van der Waals surface area contributed by atoms with Crippen LogP contribution in [-0.4, -0.2) is 23.9 Å². The van der Waals surface area contributed by atoms with Crippen LogP contribution in [0, 0.1) is 13.8 Å². The van der Waals surface area contributed by atoms with Gasteiger partial charge in [0.15, 0.2) is 0 Å². The largest absolute Gasteiger partial charge is 0.376 e. The monoisotopic (exact) mass is 337 g/mol. The highest BCUT2D eigenvalue weighted by Crippen LogP contribution is 2.36. The molecule has 25 heavy (non-hydrogen) atoms. The maximum absolute atomic E-state index is 13.0. The van der Waals surface area contributed by atoms with Crippen molar-refractivity contribution in [2.75, 3.05) is 22.1 Å². The second kappa shape index (κ2) is 6.24. The van der Waals surface area contributed by atoms with E-state index in [1.165, 1.54) is 0 Å². The molecule has 0 bridgehead atoms. The average molecular weight is 337 g/mol. The fourth-order valence-electron chi connectivity index (χ4n) is 3.23. The number of fused-ring (bicyclic) bond motifs is 1. The van der Waals surface area contributed by atoms with Gasteiger partial charge in [-0.2, -0.15) is 0 Å². The van der Waals surface area contributed by atoms with Crippen LogP contribution in [0.15, 0.2) is 42.5 Å². The SMILES string of the molecule is Cc1cccc(C)c1NCC(=O)N1c2ccccc2NC(=O)C1(C)C. The summed E-state index contributed by atoms with van der Waals surface area (Å²) in [6, 6.07) is 13.4. The van der Waals surface area contributed by atoms with E-state index in [0.29, 0.717) is 5.69 Å². The van der Waals surface area contributed by atoms with E-state index in [2.05, 4.69) is 10.6 Å². The Labute approximate surface area is 148 Å². The Morgan fingerprint density at radius 3 is 2.40 bits per heavy atom. The fraction of sp³-hybridized carbons (Fsp3) is 0.300. The summed E-state index contributed by atoms with van der Waals surface area (Å²) in [6.45, 7) is 7.65. The van der Waals surface area contributed by atoms with Crippen molar-refractivity contribution < 1.29 is 9.59 Å². The van der Waals surface area contributed by atoms with Crippen LogP contribution in [0.2, 0.25) is 0 Å². The Kier molecular flexibility index (Phi) is 4.25. The van der Waals surface area contributed by atoms with E-state index in [1.54, 1.807) is 18.7 Å². The number of carbonyl (C=O) groups excluding carboxylic acids is 2. The van der Waals surface area contributed by atoms with Crippen LogP contribution in [0.5, 0.6) is 0 Å². The zero-order chi connectivity index (χ0) is 18.2. The van der Waals surface area contributed by atoms with Crippen molar-refractivity contribution in [3.63, 3.8) is 0 Å². The number of hydrogen-bond acceptors (Lipinski definition) is 3. The molecule has 0 fully saturated rings. The Balaban J connectivity index is 1.89. The summed E-state index contributed by atoms with van der Waals surface area (Å²) in [5.74, 6) is -0.332. The van der Waals surface area contributed by atoms with Crippen molar-refractivity contribution in [1.29, 1.82) is 0 Å². The van der Waals surface area contributed by atoms with E-state index in [4.69, 9.17) is 0 Å². The molecule has 0 atom stereocenters. The number of hydrogen-bond donors (Lipinski definition) is 2. The molecule has 0 saturated carbocycles. The molecule has 5 nitrogen and oxygen atoms in total. The fourth-order valence-corrected chi connectivity index (χ4v) is 3.23. The number of anilines is 3. The zero-order valence-electron chi connectivity index (χ0n) is 15.0. The lowest BCUT2D eigenvalue weighted by Crippen LogP contribution is -2.59. The standard InChI is InChI=1S/C20H23N3O2/c1-13-8-7-9-14(2)18(13)21-12-17(24)23-16-11-6-5-10-15(16)22-19(25)20(23,3)4/h5-11,21H,12H2,1-4H3,(H,22,25). The van der Waals surface area contributed by atoms with Crippen molar-refractivity contribution in [3.8, 4) is 0 Å². The number of amides is 2. The summed E-state index contributed by atoms with van der Waals surface area (Å²) >= 11 is 0. The topological polar surface area (TPSA) is 61.4 Å². The molecule has 0 aromatic heterocycles. The highest BCUT2D eigenvalue weighted by molar-refractivity contribution is 6.14. The number of carbonyl (C=O) groups is 2. The highest BCUT2D eigenvalue weighted by Gasteiger charge is 2.43. The van der Waals surface area contributed by atoms with Gasteiger partial charge in [0.05, 0.1) is 17.9 Å². The Morgan fingerprint density at radius 1 is 1.08 bits per heavy atom. The van der Waals surface area contributed by atoms with E-state index in [0.717, 1.165) is 22.5 Å². The first-order chi connectivity index (χ1) is 11.8. The van der Waals surface area contributed by atoms with Gasteiger partial charge in [-0.25, -0.2) is 0 Å². The minimum Gasteiger partial charge on any atom is -0.376 e. The predicted molar refractivity (Wildman–Crippen MR) is 101 cm³/mol. The van der Waals surface area contributed by atoms with E-state index in [1.807, 2.05) is 56.3 Å². The summed E-state index contributed by atoms with van der Waals surface area (Å²) < 4.78 is 0. The molecule has 5 heteroatoms. The van der Waals surface area contributed by atoms with Crippen molar-refractivity contribution >= 4 is 28.9 Å². The molecule has 1 aliphatic heterocycles. The second-order valence-corrected chi connectivity index (χ2v) is 6.88. The third kappa shape index (κ3) is 2.97. The third-order valence-corrected chi connectivity index (χ3v) is 4.65. The highest BCUT2D eigenvalue weighted by atomic mass is 16.2. The number of nitrogens with one attached hydrogen (secondary N) is 2. The van der Waals surface area contributed by atoms with E-state index < -0.39 is 5.54 Å². The number of aryl methyl sites for hydroxylation is 2. The van der Waals surface area contributed by atoms with E-state index >= 15 is 0 Å². The van der Waals surface area contributed by atoms with Crippen LogP contribution in [0.25, 0.3) is 0 Å². The lowest BCUT2D eigenvalue weighted by molar-refractivity contribution is -0.125. The summed E-state index contributed by atoms with van der Waals surface area (Å²) in [5.41, 5.74) is 3.57. The molecule has 3 rings (SSSR count). The van der Waals surface area contributed by atoms with Crippen LogP contribution >= 0.6 is 0 Å². The van der Waals surface area contributed by atoms with Gasteiger partial charge in [-0.1, -0.05) is 30.3 Å². The molecular weight excluding hydrogens is 314 g/mol. The van der Waals surface area contributed by atoms with E-state index in [9.17, 15) is 9.59 Å². The van der Waals surface area contributed by atoms with Crippen LogP contribution in [0.4, 0.5) is 17.1 Å². The molecular formula is C20H23N3O2. The summed E-state index contributed by atoms with van der Waals surface area (Å²) in [6.07, 6.45) is 0. The third-order valence-electron chi connectivity index (χ3n) is 4.65. The molecule has 0 saturated heterocycles. The van der Waals surface area contributed by atoms with Crippen molar-refractivity contribution in [1.82, 2.24) is 0 Å². The molecule has 1 heterocycles. The summed E-state index contributed by atoms with van der Waals surface area (Å²) in [4.78, 5) is 27.0. The zero-order valence-corrected chi connectivity index (χ0v) is 15.0. The maximum Gasteiger partial charge on any atom is 0.250 e. The number of rotatable bonds is 3. The van der Waals surface area contributed by atoms with Gasteiger partial charge in [0, 0.05) is 5.69 Å². The molecule has 2 aromatic rings. The minimum atomic E-state index is -0.951. The summed E-state index contributed by atoms with van der Waals surface area (Å²) in [5, 5.41) is 6.11. The molecule has 2 aromatic carbocycles. The van der Waals surface area contributed by atoms with Crippen molar-refractivity contribution in [3.05, 3.63) is 53.6 Å². The maximum atomic E-state index is 13.0. The lowest BCUT2D eigenvalue weighted by atomic mass is 9.96. The van der Waals surface area contributed by atoms with Crippen LogP contribution in [0.1, 0.15) is 25.0 Å². The minimum absolute atomic E-state index is 0.122. The Hall–Kier alpha value is -2.82. The van der Waals surface area contributed by atoms with Gasteiger partial charge >= 0.3 is 0 Å². The van der Waals surface area contributed by atoms with Gasteiger partial charge in [0.2, 0.25) is 11.8 Å². The molecule has 0 aliphatic carbocycles. The normalized spacial score (nSPS) is 15.4. The van der Waals surface area contributed by atoms with E-state index in [-0.39, 0.29) is 18.4 Å². The second-order valence-electron chi connectivity index (χ2n) is 6.88. The van der Waals surface area contributed by atoms with Gasteiger partial charge in [0.25, 0.3) is 0 Å². The van der Waals surface area contributed by atoms with Crippen LogP contribution < -0.4 is 15.5 Å². The molecule has 2 amide bonds. The van der Waals surface area contributed by atoms with Gasteiger partial charge < -0.3 is 10.6 Å². The first-order valence-electron chi connectivity index (χ1n) is 8.36. The number of para-hydroxylation sites is 3. The molecule has 0 spiro atoms. The van der Waals surface area contributed by atoms with Crippen LogP contribution in [-0.2, 0) is 9.59 Å². The molecule has 0 radical (unpaired) electrons. The quantitative estimate of drug-likeness (QED) is 0.901. The molecule has 1 aliphatic rings. The number of benzene rings is 2. The van der Waals surface area contributed by atoms with Gasteiger partial charge in [-0.3, -0.25) is 14.5 Å². The summed E-state index contributed by atoms with van der Waals surface area (Å²) in [7, 11) is 0. The predicted octanol–water partition coefficient (Wildman–Crippen LogP) is 3.48. The van der Waals surface area contributed by atoms with Crippen molar-refractivity contribution in [2.45, 2.75) is 33.2 Å². The first kappa shape index (κ1) is 17.0. The van der Waals surface area contributed by atoms with Gasteiger partial charge in [0.1, 0.15) is 5.54 Å². The lowest BCUT2D eigenvalue weighted by Gasteiger charge is -2.42. The van der Waals surface area contributed by atoms with Gasteiger partial charge in [-0.15, -0.1) is 0 Å². The number of nitrogens with zero attached hydrogens (tertiary/aromatic N) is 1. The average Bonchev–Trinajstić information content (AvgIpc) is 2.55. The van der Waals surface area contributed by atoms with Gasteiger partial charge in [-0.05, 0) is 51.0 Å². The Bertz CT molecular complexity index is 822. The Morgan fingerprint density at radius 2 is 1.72 bits per heavy atom. The molecule has 0 unspecified atom stereocenters. The van der Waals surface area contributed by atoms with Crippen LogP contribution in [0.3, 0.4) is 0 Å². The smallest absolute Gasteiger partial charge is 0.250 e. The molecule has 2 N–H and O–H groups in total. The molecule has 130 valence electrons. The van der Waals surface area contributed by atoms with Crippen molar-refractivity contribution in [2.24, 2.45) is 0 Å².